The number of hydrogen-bond donors (Lipinski definition) is 2. The second kappa shape index (κ2) is 6.87. The molecular weight excluding hydrogens is 392 g/mol. The first-order valence-electron chi connectivity index (χ1n) is 9.40. The summed E-state index contributed by atoms with van der Waals surface area (Å²) in [6.45, 7) is 2.95. The zero-order valence-electron chi connectivity index (χ0n) is 15.6. The molecule has 0 bridgehead atoms. The third-order valence-electron chi connectivity index (χ3n) is 5.39. The Bertz CT molecular complexity index is 1340. The molecule has 29 heavy (non-hydrogen) atoms. The van der Waals surface area contributed by atoms with Crippen LogP contribution < -0.4 is 5.76 Å². The number of aromatic amines is 2. The van der Waals surface area contributed by atoms with Crippen molar-refractivity contribution in [1.82, 2.24) is 19.2 Å². The van der Waals surface area contributed by atoms with E-state index in [4.69, 9.17) is 4.42 Å². The number of fused-ring (bicyclic) bond motifs is 2. The molecule has 1 aliphatic heterocycles. The van der Waals surface area contributed by atoms with Crippen LogP contribution in [-0.4, -0.2) is 53.8 Å². The molecule has 0 radical (unpaired) electrons. The van der Waals surface area contributed by atoms with E-state index in [1.54, 1.807) is 6.07 Å². The van der Waals surface area contributed by atoms with Crippen molar-refractivity contribution in [3.05, 3.63) is 64.8 Å². The van der Waals surface area contributed by atoms with Crippen LogP contribution in [0.4, 0.5) is 0 Å². The molecule has 9 heteroatoms. The molecule has 0 atom stereocenters. The summed E-state index contributed by atoms with van der Waals surface area (Å²) in [6, 6.07) is 12.8. The van der Waals surface area contributed by atoms with Gasteiger partial charge in [0.05, 0.1) is 10.4 Å². The number of H-pyrrole nitrogens is 2. The van der Waals surface area contributed by atoms with Crippen LogP contribution in [-0.2, 0) is 16.6 Å². The zero-order valence-corrected chi connectivity index (χ0v) is 16.4. The van der Waals surface area contributed by atoms with Crippen molar-refractivity contribution >= 4 is 32.0 Å². The lowest BCUT2D eigenvalue weighted by Crippen LogP contribution is -2.48. The third kappa shape index (κ3) is 3.37. The highest BCUT2D eigenvalue weighted by molar-refractivity contribution is 7.89. The summed E-state index contributed by atoms with van der Waals surface area (Å²) in [5.41, 5.74) is 3.05. The molecule has 5 rings (SSSR count). The number of rotatable bonds is 4. The van der Waals surface area contributed by atoms with Gasteiger partial charge in [-0.25, -0.2) is 13.2 Å². The second-order valence-corrected chi connectivity index (χ2v) is 9.19. The molecule has 8 nitrogen and oxygen atoms in total. The molecule has 0 amide bonds. The standard InChI is InChI=1S/C20H20N4O4S/c25-20-22-18-4-2-16(12-19(18)28-20)29(26,27)24-9-7-23(8-10-24)13-14-1-3-17-15(11-14)5-6-21-17/h1-6,11-12,21H,7-10,13H2,(H,22,25). The van der Waals surface area contributed by atoms with Crippen molar-refractivity contribution in [1.29, 1.82) is 0 Å². The predicted octanol–water partition coefficient (Wildman–Crippen LogP) is 2.11. The van der Waals surface area contributed by atoms with Gasteiger partial charge in [0.2, 0.25) is 10.0 Å². The maximum Gasteiger partial charge on any atom is 0.417 e. The highest BCUT2D eigenvalue weighted by Gasteiger charge is 2.29. The normalized spacial score (nSPS) is 16.7. The van der Waals surface area contributed by atoms with E-state index in [9.17, 15) is 13.2 Å². The minimum absolute atomic E-state index is 0.138. The first kappa shape index (κ1) is 18.2. The fourth-order valence-electron chi connectivity index (χ4n) is 3.82. The Kier molecular flexibility index (Phi) is 4.30. The van der Waals surface area contributed by atoms with E-state index in [-0.39, 0.29) is 10.5 Å². The van der Waals surface area contributed by atoms with Gasteiger partial charge < -0.3 is 9.40 Å². The van der Waals surface area contributed by atoms with Crippen molar-refractivity contribution in [2.75, 3.05) is 26.2 Å². The zero-order chi connectivity index (χ0) is 20.0. The lowest BCUT2D eigenvalue weighted by Gasteiger charge is -2.34. The highest BCUT2D eigenvalue weighted by atomic mass is 32.2. The van der Waals surface area contributed by atoms with E-state index in [1.165, 1.54) is 27.4 Å². The van der Waals surface area contributed by atoms with Crippen LogP contribution in [0.5, 0.6) is 0 Å². The molecule has 0 spiro atoms. The van der Waals surface area contributed by atoms with Crippen LogP contribution in [0.3, 0.4) is 0 Å². The molecular formula is C20H20N4O4S. The lowest BCUT2D eigenvalue weighted by molar-refractivity contribution is 0.181. The number of nitrogens with zero attached hydrogens (tertiary/aromatic N) is 2. The van der Waals surface area contributed by atoms with E-state index in [0.717, 1.165) is 12.1 Å². The smallest absolute Gasteiger partial charge is 0.408 e. The summed E-state index contributed by atoms with van der Waals surface area (Å²) in [7, 11) is -3.64. The lowest BCUT2D eigenvalue weighted by atomic mass is 10.1. The van der Waals surface area contributed by atoms with Crippen LogP contribution in [0, 0.1) is 0 Å². The summed E-state index contributed by atoms with van der Waals surface area (Å²) in [6.07, 6.45) is 1.92. The average molecular weight is 412 g/mol. The van der Waals surface area contributed by atoms with Crippen molar-refractivity contribution in [3.63, 3.8) is 0 Å². The van der Waals surface area contributed by atoms with Crippen LogP contribution in [0.15, 0.2) is 62.8 Å². The Morgan fingerprint density at radius 3 is 2.59 bits per heavy atom. The molecule has 2 N–H and O–H groups in total. The van der Waals surface area contributed by atoms with Gasteiger partial charge in [0.15, 0.2) is 5.58 Å². The molecule has 3 heterocycles. The van der Waals surface area contributed by atoms with Gasteiger partial charge in [0.25, 0.3) is 0 Å². The van der Waals surface area contributed by atoms with E-state index >= 15 is 0 Å². The number of hydrogen-bond acceptors (Lipinski definition) is 5. The fraction of sp³-hybridized carbons (Fsp3) is 0.250. The third-order valence-corrected chi connectivity index (χ3v) is 7.28. The van der Waals surface area contributed by atoms with Gasteiger partial charge in [-0.1, -0.05) is 6.07 Å². The number of piperazine rings is 1. The molecule has 2 aromatic heterocycles. The van der Waals surface area contributed by atoms with Gasteiger partial charge in [-0.2, -0.15) is 4.31 Å². The first-order valence-corrected chi connectivity index (χ1v) is 10.8. The maximum atomic E-state index is 13.0. The Morgan fingerprint density at radius 1 is 0.966 bits per heavy atom. The highest BCUT2D eigenvalue weighted by Crippen LogP contribution is 2.22. The summed E-state index contributed by atoms with van der Waals surface area (Å²) in [5.74, 6) is -0.596. The largest absolute Gasteiger partial charge is 0.417 e. The monoisotopic (exact) mass is 412 g/mol. The van der Waals surface area contributed by atoms with E-state index < -0.39 is 15.8 Å². The number of benzene rings is 2. The van der Waals surface area contributed by atoms with E-state index in [1.807, 2.05) is 12.3 Å². The molecule has 0 unspecified atom stereocenters. The van der Waals surface area contributed by atoms with Crippen LogP contribution >= 0.6 is 0 Å². The number of oxazole rings is 1. The van der Waals surface area contributed by atoms with Crippen molar-refractivity contribution in [2.24, 2.45) is 0 Å². The predicted molar refractivity (Wildman–Crippen MR) is 109 cm³/mol. The first-order chi connectivity index (χ1) is 14.0. The summed E-state index contributed by atoms with van der Waals surface area (Å²) < 4.78 is 32.5. The second-order valence-electron chi connectivity index (χ2n) is 7.25. The molecule has 150 valence electrons. The van der Waals surface area contributed by atoms with Crippen molar-refractivity contribution in [3.8, 4) is 0 Å². The SMILES string of the molecule is O=c1[nH]c2ccc(S(=O)(=O)N3CCN(Cc4ccc5[nH]ccc5c4)CC3)cc2o1. The molecule has 0 saturated carbocycles. The fourth-order valence-corrected chi connectivity index (χ4v) is 5.26. The van der Waals surface area contributed by atoms with Gasteiger partial charge in [-0.05, 0) is 41.3 Å². The quantitative estimate of drug-likeness (QED) is 0.534. The molecule has 4 aromatic rings. The summed E-state index contributed by atoms with van der Waals surface area (Å²) >= 11 is 0. The Labute approximate surface area is 166 Å². The number of nitrogens with one attached hydrogen (secondary N) is 2. The van der Waals surface area contributed by atoms with Crippen LogP contribution in [0.1, 0.15) is 5.56 Å². The van der Waals surface area contributed by atoms with Gasteiger partial charge in [-0.15, -0.1) is 0 Å². The van der Waals surface area contributed by atoms with Gasteiger partial charge in [-0.3, -0.25) is 9.88 Å². The van der Waals surface area contributed by atoms with Crippen molar-refractivity contribution < 1.29 is 12.8 Å². The van der Waals surface area contributed by atoms with Gasteiger partial charge in [0, 0.05) is 50.5 Å². The Morgan fingerprint density at radius 2 is 1.76 bits per heavy atom. The maximum absolute atomic E-state index is 13.0. The minimum Gasteiger partial charge on any atom is -0.408 e. The Balaban J connectivity index is 1.28. The summed E-state index contributed by atoms with van der Waals surface area (Å²) in [4.78, 5) is 19.4. The van der Waals surface area contributed by atoms with E-state index in [2.05, 4.69) is 33.1 Å². The molecule has 1 fully saturated rings. The Hall–Kier alpha value is -2.88. The van der Waals surface area contributed by atoms with Crippen molar-refractivity contribution in [2.45, 2.75) is 11.4 Å². The number of sulfonamides is 1. The van der Waals surface area contributed by atoms with Crippen LogP contribution in [0.25, 0.3) is 22.0 Å². The molecule has 1 saturated heterocycles. The topological polar surface area (TPSA) is 102 Å². The van der Waals surface area contributed by atoms with E-state index in [0.29, 0.717) is 31.7 Å². The van der Waals surface area contributed by atoms with Gasteiger partial charge in [0.1, 0.15) is 0 Å². The van der Waals surface area contributed by atoms with Gasteiger partial charge >= 0.3 is 5.76 Å². The molecule has 1 aliphatic rings. The van der Waals surface area contributed by atoms with Crippen LogP contribution in [0.2, 0.25) is 0 Å². The minimum atomic E-state index is -3.64. The average Bonchev–Trinajstić information content (AvgIpc) is 3.32. The molecule has 0 aliphatic carbocycles. The molecule has 2 aromatic carbocycles. The number of aromatic nitrogens is 2. The summed E-state index contributed by atoms with van der Waals surface area (Å²) in [5, 5.41) is 1.18.